The second-order valence-corrected chi connectivity index (χ2v) is 6.46. The van der Waals surface area contributed by atoms with Gasteiger partial charge in [-0.2, -0.15) is 0 Å². The molecule has 0 fully saturated rings. The number of aliphatic carboxylic acids is 1. The zero-order chi connectivity index (χ0) is 19.4. The number of ether oxygens (including phenoxy) is 2. The molecule has 2 rings (SSSR count). The van der Waals surface area contributed by atoms with E-state index in [1.54, 1.807) is 25.3 Å². The number of hydrogen-bond acceptors (Lipinski definition) is 6. The number of carbonyl (C=O) groups is 3. The van der Waals surface area contributed by atoms with Crippen molar-refractivity contribution in [3.63, 3.8) is 0 Å². The summed E-state index contributed by atoms with van der Waals surface area (Å²) in [6.07, 6.45) is 1.30. The first kappa shape index (κ1) is 19.8. The highest BCUT2D eigenvalue weighted by Gasteiger charge is 2.41. The summed E-state index contributed by atoms with van der Waals surface area (Å²) < 4.78 is 10.4. The minimum atomic E-state index is -1.15. The quantitative estimate of drug-likeness (QED) is 0.692. The van der Waals surface area contributed by atoms with Crippen molar-refractivity contribution < 1.29 is 29.0 Å². The lowest BCUT2D eigenvalue weighted by Gasteiger charge is -2.23. The third kappa shape index (κ3) is 3.55. The molecule has 1 aliphatic rings. The second kappa shape index (κ2) is 8.27. The lowest BCUT2D eigenvalue weighted by molar-refractivity contribution is -0.137. The lowest BCUT2D eigenvalue weighted by Crippen LogP contribution is -2.34. The second-order valence-electron chi connectivity index (χ2n) is 5.54. The molecule has 1 amide bonds. The van der Waals surface area contributed by atoms with Crippen LogP contribution in [0.5, 0.6) is 11.5 Å². The first-order valence-electron chi connectivity index (χ1n) is 7.94. The zero-order valence-electron chi connectivity index (χ0n) is 15.1. The number of nitrogens with zero attached hydrogens (tertiary/aromatic N) is 1. The average Bonchev–Trinajstić information content (AvgIpc) is 2.90. The van der Waals surface area contributed by atoms with Crippen molar-refractivity contribution in [2.45, 2.75) is 18.7 Å². The molecule has 26 heavy (non-hydrogen) atoms. The van der Waals surface area contributed by atoms with Gasteiger partial charge in [-0.15, -0.1) is 11.8 Å². The highest BCUT2D eigenvalue weighted by molar-refractivity contribution is 7.99. The molecular formula is C18H21NO6S. The van der Waals surface area contributed by atoms with E-state index in [9.17, 15) is 19.5 Å². The Bertz CT molecular complexity index is 773. The Kier molecular flexibility index (Phi) is 6.31. The molecule has 0 unspecified atom stereocenters. The highest BCUT2D eigenvalue weighted by Crippen LogP contribution is 2.37. The largest absolute Gasteiger partial charge is 0.493 e. The van der Waals surface area contributed by atoms with Gasteiger partial charge in [0.15, 0.2) is 17.3 Å². The monoisotopic (exact) mass is 379 g/mol. The molecule has 1 aromatic rings. The molecule has 1 N–H and O–H groups in total. The van der Waals surface area contributed by atoms with Crippen LogP contribution in [-0.4, -0.2) is 60.1 Å². The molecule has 1 heterocycles. The van der Waals surface area contributed by atoms with Crippen molar-refractivity contribution in [2.24, 2.45) is 0 Å². The fourth-order valence-corrected chi connectivity index (χ4v) is 3.94. The van der Waals surface area contributed by atoms with E-state index in [2.05, 4.69) is 0 Å². The molecule has 140 valence electrons. The molecule has 0 bridgehead atoms. The van der Waals surface area contributed by atoms with Gasteiger partial charge in [0.1, 0.15) is 5.37 Å². The number of Topliss-reactive ketones (excluding diaryl/α,β-unsaturated/α-hetero) is 1. The molecule has 1 atom stereocenters. The Labute approximate surface area is 156 Å². The number of hydrogen-bond donors (Lipinski definition) is 1. The van der Waals surface area contributed by atoms with Gasteiger partial charge in [-0.05, 0) is 31.4 Å². The smallest absolute Gasteiger partial charge is 0.308 e. The predicted molar refractivity (Wildman–Crippen MR) is 97.8 cm³/mol. The maximum Gasteiger partial charge on any atom is 0.308 e. The topological polar surface area (TPSA) is 93.1 Å². The number of likely N-dealkylation sites (N-methyl/N-ethyl adjacent to an activating group) is 1. The van der Waals surface area contributed by atoms with Crippen molar-refractivity contribution in [3.05, 3.63) is 34.9 Å². The maximum atomic E-state index is 13.1. The Hall–Kier alpha value is -2.48. The van der Waals surface area contributed by atoms with Gasteiger partial charge in [-0.3, -0.25) is 14.4 Å². The molecule has 0 aromatic heterocycles. The number of benzene rings is 1. The predicted octanol–water partition coefficient (Wildman–Crippen LogP) is 2.21. The van der Waals surface area contributed by atoms with E-state index >= 15 is 0 Å². The number of ketones is 1. The van der Waals surface area contributed by atoms with Crippen molar-refractivity contribution in [3.8, 4) is 11.5 Å². The van der Waals surface area contributed by atoms with Gasteiger partial charge in [0, 0.05) is 23.3 Å². The third-order valence-electron chi connectivity index (χ3n) is 4.16. The highest BCUT2D eigenvalue weighted by atomic mass is 32.2. The Morgan fingerprint density at radius 3 is 2.38 bits per heavy atom. The summed E-state index contributed by atoms with van der Waals surface area (Å²) in [5, 5.41) is 8.66. The van der Waals surface area contributed by atoms with E-state index < -0.39 is 23.7 Å². The number of carboxylic acids is 1. The summed E-state index contributed by atoms with van der Waals surface area (Å²) in [6, 6.07) is 4.71. The zero-order valence-corrected chi connectivity index (χ0v) is 15.9. The van der Waals surface area contributed by atoms with Crippen LogP contribution in [0.3, 0.4) is 0 Å². The Morgan fingerprint density at radius 2 is 1.88 bits per heavy atom. The first-order valence-corrected chi connectivity index (χ1v) is 9.23. The van der Waals surface area contributed by atoms with Crippen molar-refractivity contribution >= 4 is 29.4 Å². The molecular weight excluding hydrogens is 358 g/mol. The van der Waals surface area contributed by atoms with E-state index in [4.69, 9.17) is 9.47 Å². The van der Waals surface area contributed by atoms with Gasteiger partial charge in [-0.1, -0.05) is 0 Å². The summed E-state index contributed by atoms with van der Waals surface area (Å²) >= 11 is 1.33. The number of amides is 1. The van der Waals surface area contributed by atoms with Crippen LogP contribution in [0.15, 0.2) is 29.3 Å². The van der Waals surface area contributed by atoms with Crippen LogP contribution in [0, 0.1) is 0 Å². The van der Waals surface area contributed by atoms with Gasteiger partial charge in [0.05, 0.1) is 20.6 Å². The molecule has 7 nitrogen and oxygen atoms in total. The van der Waals surface area contributed by atoms with Crippen LogP contribution in [0.4, 0.5) is 0 Å². The summed E-state index contributed by atoms with van der Waals surface area (Å²) in [4.78, 5) is 38.5. The van der Waals surface area contributed by atoms with E-state index in [-0.39, 0.29) is 16.9 Å². The average molecular weight is 379 g/mol. The van der Waals surface area contributed by atoms with Crippen molar-refractivity contribution in [2.75, 3.05) is 27.0 Å². The molecule has 1 aromatic carbocycles. The number of carbonyl (C=O) groups excluding carboxylic acids is 2. The maximum absolute atomic E-state index is 13.1. The van der Waals surface area contributed by atoms with Gasteiger partial charge < -0.3 is 19.5 Å². The Morgan fingerprint density at radius 1 is 1.23 bits per heavy atom. The number of thioether (sulfide) groups is 1. The number of methoxy groups -OCH3 is 2. The fourth-order valence-electron chi connectivity index (χ4n) is 2.96. The van der Waals surface area contributed by atoms with Crippen molar-refractivity contribution in [1.82, 2.24) is 4.90 Å². The van der Waals surface area contributed by atoms with Gasteiger partial charge in [-0.25, -0.2) is 0 Å². The van der Waals surface area contributed by atoms with Crippen LogP contribution in [0.1, 0.15) is 23.7 Å². The Balaban J connectivity index is 2.56. The third-order valence-corrected chi connectivity index (χ3v) is 5.09. The molecule has 8 heteroatoms. The molecule has 0 saturated carbocycles. The number of carboxylic acid groups (broad SMARTS) is 1. The van der Waals surface area contributed by atoms with E-state index in [0.717, 1.165) is 0 Å². The SMILES string of the molecule is CCN1C(=O)C(CC(=O)O)=C(C(=O)c2ccc(OC)c(OC)c2)[C@@H]1SC. The van der Waals surface area contributed by atoms with Crippen molar-refractivity contribution in [1.29, 1.82) is 0 Å². The number of rotatable bonds is 8. The normalized spacial score (nSPS) is 16.8. The molecule has 0 radical (unpaired) electrons. The van der Waals surface area contributed by atoms with E-state index in [0.29, 0.717) is 23.6 Å². The lowest BCUT2D eigenvalue weighted by atomic mass is 9.98. The first-order chi connectivity index (χ1) is 12.4. The van der Waals surface area contributed by atoms with E-state index in [1.165, 1.54) is 36.9 Å². The summed E-state index contributed by atoms with van der Waals surface area (Å²) in [5.41, 5.74) is 0.572. The van der Waals surface area contributed by atoms with Crippen LogP contribution in [-0.2, 0) is 9.59 Å². The standard InChI is InChI=1S/C18H21NO6S/c1-5-19-17(23)11(9-14(20)21)15(18(19)26-4)16(22)10-6-7-12(24-2)13(8-10)25-3/h6-8,18H,5,9H2,1-4H3,(H,20,21)/t18-/m0/s1. The molecule has 0 saturated heterocycles. The summed E-state index contributed by atoms with van der Waals surface area (Å²) in [5.74, 6) is -1.08. The minimum Gasteiger partial charge on any atom is -0.493 e. The summed E-state index contributed by atoms with van der Waals surface area (Å²) in [7, 11) is 2.95. The minimum absolute atomic E-state index is 0.0403. The van der Waals surface area contributed by atoms with Crippen LogP contribution >= 0.6 is 11.8 Å². The summed E-state index contributed by atoms with van der Waals surface area (Å²) in [6.45, 7) is 2.18. The molecule has 0 aliphatic carbocycles. The molecule has 1 aliphatic heterocycles. The van der Waals surface area contributed by atoms with Crippen LogP contribution in [0.25, 0.3) is 0 Å². The van der Waals surface area contributed by atoms with E-state index in [1.807, 2.05) is 0 Å². The van der Waals surface area contributed by atoms with Gasteiger partial charge in [0.25, 0.3) is 5.91 Å². The van der Waals surface area contributed by atoms with Gasteiger partial charge >= 0.3 is 5.97 Å². The van der Waals surface area contributed by atoms with Crippen LogP contribution < -0.4 is 9.47 Å². The molecule has 0 spiro atoms. The fraction of sp³-hybridized carbons (Fsp3) is 0.389. The van der Waals surface area contributed by atoms with Crippen LogP contribution in [0.2, 0.25) is 0 Å². The van der Waals surface area contributed by atoms with Gasteiger partial charge in [0.2, 0.25) is 0 Å².